The number of amides is 1. The third-order valence-corrected chi connectivity index (χ3v) is 4.62. The van der Waals surface area contributed by atoms with Gasteiger partial charge in [-0.15, -0.1) is 0 Å². The number of piperidine rings is 1. The third kappa shape index (κ3) is 3.22. The minimum Gasteiger partial charge on any atom is -0.444 e. The standard InChI is InChI=1S/C15H28N2O2/c1-11(16)15(7-8-15)12-6-5-9-17(10-12)13(18)19-14(2,3)4/h11-12H,5-10,16H2,1-4H3. The maximum Gasteiger partial charge on any atom is 0.410 e. The van der Waals surface area contributed by atoms with E-state index >= 15 is 0 Å². The molecule has 0 spiro atoms. The van der Waals surface area contributed by atoms with E-state index in [9.17, 15) is 4.79 Å². The van der Waals surface area contributed by atoms with Gasteiger partial charge in [0.15, 0.2) is 0 Å². The van der Waals surface area contributed by atoms with Crippen molar-refractivity contribution in [2.45, 2.75) is 65.0 Å². The first-order valence-corrected chi connectivity index (χ1v) is 7.48. The number of hydrogen-bond donors (Lipinski definition) is 1. The van der Waals surface area contributed by atoms with Crippen molar-refractivity contribution >= 4 is 6.09 Å². The summed E-state index contributed by atoms with van der Waals surface area (Å²) >= 11 is 0. The van der Waals surface area contributed by atoms with Crippen LogP contribution in [-0.4, -0.2) is 35.7 Å². The van der Waals surface area contributed by atoms with Gasteiger partial charge >= 0.3 is 6.09 Å². The highest BCUT2D eigenvalue weighted by atomic mass is 16.6. The molecule has 2 N–H and O–H groups in total. The lowest BCUT2D eigenvalue weighted by Gasteiger charge is -2.39. The van der Waals surface area contributed by atoms with Crippen LogP contribution in [-0.2, 0) is 4.74 Å². The Bertz CT molecular complexity index is 343. The van der Waals surface area contributed by atoms with Crippen molar-refractivity contribution in [3.63, 3.8) is 0 Å². The lowest BCUT2D eigenvalue weighted by molar-refractivity contribution is 0.0106. The van der Waals surface area contributed by atoms with Gasteiger partial charge in [0.05, 0.1) is 0 Å². The quantitative estimate of drug-likeness (QED) is 0.838. The molecule has 4 heteroatoms. The van der Waals surface area contributed by atoms with Gasteiger partial charge in [-0.2, -0.15) is 0 Å². The van der Waals surface area contributed by atoms with Gasteiger partial charge in [-0.3, -0.25) is 0 Å². The molecule has 0 aromatic rings. The topological polar surface area (TPSA) is 55.6 Å². The van der Waals surface area contributed by atoms with Crippen molar-refractivity contribution < 1.29 is 9.53 Å². The molecule has 2 aliphatic rings. The number of carbonyl (C=O) groups is 1. The molecule has 0 aromatic heterocycles. The van der Waals surface area contributed by atoms with Gasteiger partial charge in [0.2, 0.25) is 0 Å². The summed E-state index contributed by atoms with van der Waals surface area (Å²) in [7, 11) is 0. The molecule has 0 bridgehead atoms. The van der Waals surface area contributed by atoms with Gasteiger partial charge < -0.3 is 15.4 Å². The summed E-state index contributed by atoms with van der Waals surface area (Å²) in [6.45, 7) is 9.49. The first-order valence-electron chi connectivity index (χ1n) is 7.48. The SMILES string of the molecule is CC(N)C1(C2CCCN(C(=O)OC(C)(C)C)C2)CC1. The Morgan fingerprint density at radius 2 is 2.05 bits per heavy atom. The van der Waals surface area contributed by atoms with Crippen LogP contribution in [0.5, 0.6) is 0 Å². The fraction of sp³-hybridized carbons (Fsp3) is 0.933. The zero-order valence-electron chi connectivity index (χ0n) is 12.7. The highest BCUT2D eigenvalue weighted by Gasteiger charge is 2.53. The number of nitrogens with two attached hydrogens (primary N) is 1. The Balaban J connectivity index is 1.96. The van der Waals surface area contributed by atoms with E-state index in [1.165, 1.54) is 19.3 Å². The van der Waals surface area contributed by atoms with Gasteiger partial charge in [-0.05, 0) is 64.7 Å². The molecule has 1 aliphatic carbocycles. The molecule has 1 saturated heterocycles. The summed E-state index contributed by atoms with van der Waals surface area (Å²) in [6, 6.07) is 0.232. The zero-order chi connectivity index (χ0) is 14.3. The van der Waals surface area contributed by atoms with Crippen molar-refractivity contribution in [1.29, 1.82) is 0 Å². The molecule has 2 atom stereocenters. The van der Waals surface area contributed by atoms with Gasteiger partial charge in [0.1, 0.15) is 5.60 Å². The predicted octanol–water partition coefficient (Wildman–Crippen LogP) is 2.76. The van der Waals surface area contributed by atoms with Crippen LogP contribution in [0.15, 0.2) is 0 Å². The molecule has 4 nitrogen and oxygen atoms in total. The average molecular weight is 268 g/mol. The molecule has 110 valence electrons. The first kappa shape index (κ1) is 14.6. The summed E-state index contributed by atoms with van der Waals surface area (Å²) in [5.74, 6) is 0.550. The van der Waals surface area contributed by atoms with Gasteiger partial charge in [-0.1, -0.05) is 0 Å². The Morgan fingerprint density at radius 3 is 2.53 bits per heavy atom. The van der Waals surface area contributed by atoms with E-state index in [0.29, 0.717) is 11.3 Å². The van der Waals surface area contributed by atoms with Crippen molar-refractivity contribution in [3.8, 4) is 0 Å². The molecule has 2 rings (SSSR count). The summed E-state index contributed by atoms with van der Waals surface area (Å²) < 4.78 is 5.47. The van der Waals surface area contributed by atoms with E-state index in [0.717, 1.165) is 19.5 Å². The molecule has 2 unspecified atom stereocenters. The molecule has 1 saturated carbocycles. The van der Waals surface area contributed by atoms with Crippen molar-refractivity contribution in [1.82, 2.24) is 4.90 Å². The summed E-state index contributed by atoms with van der Waals surface area (Å²) in [5, 5.41) is 0. The second-order valence-electron chi connectivity index (χ2n) is 7.29. The smallest absolute Gasteiger partial charge is 0.410 e. The number of rotatable bonds is 2. The van der Waals surface area contributed by atoms with Crippen LogP contribution in [0.2, 0.25) is 0 Å². The van der Waals surface area contributed by atoms with E-state index in [-0.39, 0.29) is 12.1 Å². The minimum atomic E-state index is -0.414. The number of ether oxygens (including phenoxy) is 1. The molecule has 2 fully saturated rings. The van der Waals surface area contributed by atoms with Gasteiger partial charge in [0.25, 0.3) is 0 Å². The Kier molecular flexibility index (Phi) is 3.83. The fourth-order valence-electron chi connectivity index (χ4n) is 3.32. The molecule has 19 heavy (non-hydrogen) atoms. The van der Waals surface area contributed by atoms with Crippen LogP contribution in [0, 0.1) is 11.3 Å². The lowest BCUT2D eigenvalue weighted by atomic mass is 9.78. The van der Waals surface area contributed by atoms with Gasteiger partial charge in [0, 0.05) is 19.1 Å². The van der Waals surface area contributed by atoms with E-state index in [2.05, 4.69) is 6.92 Å². The lowest BCUT2D eigenvalue weighted by Crippen LogP contribution is -2.47. The normalized spacial score (nSPS) is 27.8. The van der Waals surface area contributed by atoms with E-state index in [1.54, 1.807) is 0 Å². The molecule has 0 aromatic carbocycles. The maximum absolute atomic E-state index is 12.1. The van der Waals surface area contributed by atoms with Crippen LogP contribution in [0.1, 0.15) is 53.4 Å². The summed E-state index contributed by atoms with van der Waals surface area (Å²) in [4.78, 5) is 14.0. The van der Waals surface area contributed by atoms with E-state index < -0.39 is 5.60 Å². The average Bonchev–Trinajstić information content (AvgIpc) is 3.08. The third-order valence-electron chi connectivity index (χ3n) is 4.62. The molecular weight excluding hydrogens is 240 g/mol. The second kappa shape index (κ2) is 4.97. The number of hydrogen-bond acceptors (Lipinski definition) is 3. The van der Waals surface area contributed by atoms with Crippen LogP contribution in [0.4, 0.5) is 4.79 Å². The van der Waals surface area contributed by atoms with E-state index in [1.807, 2.05) is 25.7 Å². The molecular formula is C15H28N2O2. The molecule has 0 radical (unpaired) electrons. The molecule has 1 aliphatic heterocycles. The van der Waals surface area contributed by atoms with Crippen LogP contribution < -0.4 is 5.73 Å². The van der Waals surface area contributed by atoms with E-state index in [4.69, 9.17) is 10.5 Å². The number of nitrogens with zero attached hydrogens (tertiary/aromatic N) is 1. The summed E-state index contributed by atoms with van der Waals surface area (Å²) in [5.41, 5.74) is 6.03. The maximum atomic E-state index is 12.1. The van der Waals surface area contributed by atoms with Crippen molar-refractivity contribution in [3.05, 3.63) is 0 Å². The summed E-state index contributed by atoms with van der Waals surface area (Å²) in [6.07, 6.45) is 4.53. The number of likely N-dealkylation sites (tertiary alicyclic amines) is 1. The Hall–Kier alpha value is -0.770. The Morgan fingerprint density at radius 1 is 1.42 bits per heavy atom. The van der Waals surface area contributed by atoms with Crippen LogP contribution in [0.3, 0.4) is 0 Å². The highest BCUT2D eigenvalue weighted by Crippen LogP contribution is 2.56. The second-order valence-corrected chi connectivity index (χ2v) is 7.29. The largest absolute Gasteiger partial charge is 0.444 e. The fourth-order valence-corrected chi connectivity index (χ4v) is 3.32. The van der Waals surface area contributed by atoms with Crippen LogP contribution in [0.25, 0.3) is 0 Å². The Labute approximate surface area is 116 Å². The zero-order valence-corrected chi connectivity index (χ0v) is 12.7. The first-order chi connectivity index (χ1) is 8.74. The molecule has 1 amide bonds. The monoisotopic (exact) mass is 268 g/mol. The minimum absolute atomic E-state index is 0.169. The molecule has 1 heterocycles. The number of carbonyl (C=O) groups excluding carboxylic acids is 1. The van der Waals surface area contributed by atoms with Crippen molar-refractivity contribution in [2.24, 2.45) is 17.1 Å². The highest BCUT2D eigenvalue weighted by molar-refractivity contribution is 5.68. The van der Waals surface area contributed by atoms with Gasteiger partial charge in [-0.25, -0.2) is 4.79 Å². The predicted molar refractivity (Wildman–Crippen MR) is 75.8 cm³/mol. The van der Waals surface area contributed by atoms with Crippen LogP contribution >= 0.6 is 0 Å². The van der Waals surface area contributed by atoms with Crippen molar-refractivity contribution in [2.75, 3.05) is 13.1 Å².